The van der Waals surface area contributed by atoms with Gasteiger partial charge in [0.05, 0.1) is 0 Å². The maximum atomic E-state index is 12.2. The lowest BCUT2D eigenvalue weighted by atomic mass is 10.00. The highest BCUT2D eigenvalue weighted by atomic mass is 16.2. The number of piperidine rings is 1. The lowest BCUT2D eigenvalue weighted by molar-refractivity contribution is -0.148. The Bertz CT molecular complexity index is 461. The van der Waals surface area contributed by atoms with Crippen molar-refractivity contribution in [2.45, 2.75) is 45.2 Å². The van der Waals surface area contributed by atoms with E-state index in [1.165, 1.54) is 0 Å². The first-order valence-corrected chi connectivity index (χ1v) is 7.20. The zero-order valence-corrected chi connectivity index (χ0v) is 11.8. The summed E-state index contributed by atoms with van der Waals surface area (Å²) in [6, 6.07) is 3.85. The van der Waals surface area contributed by atoms with E-state index in [0.717, 1.165) is 31.2 Å². The highest BCUT2D eigenvalue weighted by molar-refractivity contribution is 6.35. The van der Waals surface area contributed by atoms with Gasteiger partial charge < -0.3 is 10.2 Å². The third-order valence-electron chi connectivity index (χ3n) is 3.76. The Balaban J connectivity index is 1.89. The molecule has 1 atom stereocenters. The number of nitrogens with one attached hydrogen (secondary N) is 1. The topological polar surface area (TPSA) is 62.3 Å². The molecule has 0 bridgehead atoms. The summed E-state index contributed by atoms with van der Waals surface area (Å²) in [7, 11) is 0. The van der Waals surface area contributed by atoms with Crippen LogP contribution in [-0.2, 0) is 16.1 Å². The van der Waals surface area contributed by atoms with Crippen LogP contribution in [0.4, 0.5) is 0 Å². The number of likely N-dealkylation sites (tertiary alicyclic amines) is 1. The van der Waals surface area contributed by atoms with Crippen LogP contribution in [0.15, 0.2) is 24.5 Å². The van der Waals surface area contributed by atoms with E-state index in [1.807, 2.05) is 12.1 Å². The molecule has 0 saturated carbocycles. The van der Waals surface area contributed by atoms with Crippen LogP contribution in [0.5, 0.6) is 0 Å². The minimum Gasteiger partial charge on any atom is -0.344 e. The molecule has 5 nitrogen and oxygen atoms in total. The lowest BCUT2D eigenvalue weighted by Gasteiger charge is -2.34. The molecule has 1 saturated heterocycles. The summed E-state index contributed by atoms with van der Waals surface area (Å²) in [5.74, 6) is -0.909. The second-order valence-corrected chi connectivity index (χ2v) is 5.09. The number of carbonyl (C=O) groups is 2. The van der Waals surface area contributed by atoms with Gasteiger partial charge in [-0.1, -0.05) is 6.92 Å². The van der Waals surface area contributed by atoms with Crippen molar-refractivity contribution >= 4 is 11.8 Å². The van der Waals surface area contributed by atoms with E-state index in [0.29, 0.717) is 13.1 Å². The molecular weight excluding hydrogens is 254 g/mol. The third-order valence-corrected chi connectivity index (χ3v) is 3.76. The van der Waals surface area contributed by atoms with Crippen LogP contribution in [-0.4, -0.2) is 34.3 Å². The van der Waals surface area contributed by atoms with E-state index in [2.05, 4.69) is 17.2 Å². The number of pyridine rings is 1. The summed E-state index contributed by atoms with van der Waals surface area (Å²) in [5.41, 5.74) is 0.937. The Hall–Kier alpha value is -1.91. The Labute approximate surface area is 119 Å². The first kappa shape index (κ1) is 14.5. The summed E-state index contributed by atoms with van der Waals surface area (Å²) < 4.78 is 0. The predicted octanol–water partition coefficient (Wildman–Crippen LogP) is 1.49. The molecule has 1 aliphatic heterocycles. The van der Waals surface area contributed by atoms with Crippen LogP contribution in [0.3, 0.4) is 0 Å². The van der Waals surface area contributed by atoms with Crippen molar-refractivity contribution in [3.8, 4) is 0 Å². The van der Waals surface area contributed by atoms with Gasteiger partial charge in [0.1, 0.15) is 0 Å². The summed E-state index contributed by atoms with van der Waals surface area (Å²) in [6.45, 7) is 3.11. The smallest absolute Gasteiger partial charge is 0.312 e. The van der Waals surface area contributed by atoms with Crippen molar-refractivity contribution in [3.05, 3.63) is 30.1 Å². The van der Waals surface area contributed by atoms with E-state index >= 15 is 0 Å². The zero-order valence-electron chi connectivity index (χ0n) is 11.8. The Morgan fingerprint density at radius 3 is 2.80 bits per heavy atom. The molecule has 108 valence electrons. The van der Waals surface area contributed by atoms with E-state index in [1.54, 1.807) is 17.3 Å². The SMILES string of the molecule is CCC1CCCCN1C(=O)C(=O)NCc1ccncc1. The van der Waals surface area contributed by atoms with Crippen molar-refractivity contribution in [2.75, 3.05) is 6.54 Å². The minimum atomic E-state index is -0.512. The Morgan fingerprint density at radius 2 is 2.10 bits per heavy atom. The molecule has 0 aromatic carbocycles. The molecule has 0 spiro atoms. The second kappa shape index (κ2) is 7.03. The number of amides is 2. The summed E-state index contributed by atoms with van der Waals surface area (Å²) in [4.78, 5) is 29.8. The van der Waals surface area contributed by atoms with E-state index < -0.39 is 11.8 Å². The molecule has 1 unspecified atom stereocenters. The van der Waals surface area contributed by atoms with Gasteiger partial charge in [-0.15, -0.1) is 0 Å². The summed E-state index contributed by atoms with van der Waals surface area (Å²) in [5, 5.41) is 2.68. The quantitative estimate of drug-likeness (QED) is 0.850. The van der Waals surface area contributed by atoms with Crippen LogP contribution in [0.2, 0.25) is 0 Å². The van der Waals surface area contributed by atoms with Gasteiger partial charge in [-0.3, -0.25) is 14.6 Å². The van der Waals surface area contributed by atoms with Crippen LogP contribution in [0, 0.1) is 0 Å². The molecule has 2 rings (SSSR count). The predicted molar refractivity (Wildman–Crippen MR) is 75.7 cm³/mol. The molecule has 0 aliphatic carbocycles. The van der Waals surface area contributed by atoms with Gasteiger partial charge in [0.2, 0.25) is 0 Å². The first-order chi connectivity index (χ1) is 9.72. The Kier molecular flexibility index (Phi) is 5.09. The number of aromatic nitrogens is 1. The summed E-state index contributed by atoms with van der Waals surface area (Å²) in [6.07, 6.45) is 7.37. The van der Waals surface area contributed by atoms with Crippen molar-refractivity contribution in [1.29, 1.82) is 0 Å². The molecule has 1 aromatic rings. The molecular formula is C15H21N3O2. The second-order valence-electron chi connectivity index (χ2n) is 5.09. The van der Waals surface area contributed by atoms with Crippen LogP contribution < -0.4 is 5.32 Å². The monoisotopic (exact) mass is 275 g/mol. The van der Waals surface area contributed by atoms with Gasteiger partial charge in [-0.25, -0.2) is 0 Å². The average molecular weight is 275 g/mol. The molecule has 2 amide bonds. The van der Waals surface area contributed by atoms with Crippen LogP contribution in [0.25, 0.3) is 0 Å². The van der Waals surface area contributed by atoms with Crippen molar-refractivity contribution in [2.24, 2.45) is 0 Å². The van der Waals surface area contributed by atoms with E-state index in [4.69, 9.17) is 0 Å². The average Bonchev–Trinajstić information content (AvgIpc) is 2.52. The molecule has 1 fully saturated rings. The molecule has 1 aliphatic rings. The normalized spacial score (nSPS) is 18.6. The zero-order chi connectivity index (χ0) is 14.4. The largest absolute Gasteiger partial charge is 0.344 e. The van der Waals surface area contributed by atoms with E-state index in [9.17, 15) is 9.59 Å². The van der Waals surface area contributed by atoms with Gasteiger partial charge in [0.25, 0.3) is 0 Å². The minimum absolute atomic E-state index is 0.211. The molecule has 5 heteroatoms. The standard InChI is InChI=1S/C15H21N3O2/c1-2-13-5-3-4-10-18(13)15(20)14(19)17-11-12-6-8-16-9-7-12/h6-9,13H,2-5,10-11H2,1H3,(H,17,19). The molecule has 1 aromatic heterocycles. The van der Waals surface area contributed by atoms with Crippen molar-refractivity contribution in [3.63, 3.8) is 0 Å². The fourth-order valence-corrected chi connectivity index (χ4v) is 2.58. The highest BCUT2D eigenvalue weighted by Gasteiger charge is 2.29. The van der Waals surface area contributed by atoms with Gasteiger partial charge in [-0.05, 0) is 43.4 Å². The molecule has 20 heavy (non-hydrogen) atoms. The van der Waals surface area contributed by atoms with Crippen LogP contribution >= 0.6 is 0 Å². The van der Waals surface area contributed by atoms with Crippen molar-refractivity contribution in [1.82, 2.24) is 15.2 Å². The maximum absolute atomic E-state index is 12.2. The Morgan fingerprint density at radius 1 is 1.35 bits per heavy atom. The fourth-order valence-electron chi connectivity index (χ4n) is 2.58. The fraction of sp³-hybridized carbons (Fsp3) is 0.533. The number of nitrogens with zero attached hydrogens (tertiary/aromatic N) is 2. The third kappa shape index (κ3) is 3.56. The lowest BCUT2D eigenvalue weighted by Crippen LogP contribution is -2.49. The summed E-state index contributed by atoms with van der Waals surface area (Å²) >= 11 is 0. The number of carbonyl (C=O) groups excluding carboxylic acids is 2. The van der Waals surface area contributed by atoms with Gasteiger partial charge >= 0.3 is 11.8 Å². The van der Waals surface area contributed by atoms with Crippen LogP contribution in [0.1, 0.15) is 38.2 Å². The molecule has 1 N–H and O–H groups in total. The van der Waals surface area contributed by atoms with Gasteiger partial charge in [0.15, 0.2) is 0 Å². The first-order valence-electron chi connectivity index (χ1n) is 7.20. The number of hydrogen-bond acceptors (Lipinski definition) is 3. The maximum Gasteiger partial charge on any atom is 0.312 e. The number of hydrogen-bond donors (Lipinski definition) is 1. The van der Waals surface area contributed by atoms with Crippen molar-refractivity contribution < 1.29 is 9.59 Å². The van der Waals surface area contributed by atoms with Gasteiger partial charge in [0, 0.05) is 31.5 Å². The van der Waals surface area contributed by atoms with Gasteiger partial charge in [-0.2, -0.15) is 0 Å². The highest BCUT2D eigenvalue weighted by Crippen LogP contribution is 2.19. The molecule has 0 radical (unpaired) electrons. The van der Waals surface area contributed by atoms with E-state index in [-0.39, 0.29) is 6.04 Å². The number of rotatable bonds is 3. The molecule has 2 heterocycles.